The van der Waals surface area contributed by atoms with Gasteiger partial charge >= 0.3 is 0 Å². The summed E-state index contributed by atoms with van der Waals surface area (Å²) >= 11 is 0. The molecular weight excluding hydrogens is 198 g/mol. The highest BCUT2D eigenvalue weighted by Gasteiger charge is 2.30. The molecule has 16 heavy (non-hydrogen) atoms. The highest BCUT2D eigenvalue weighted by molar-refractivity contribution is 5.39. The van der Waals surface area contributed by atoms with Crippen LogP contribution in [0, 0.1) is 0 Å². The molecule has 0 aromatic carbocycles. The van der Waals surface area contributed by atoms with E-state index in [0.29, 0.717) is 5.92 Å². The van der Waals surface area contributed by atoms with Crippen LogP contribution in [0.1, 0.15) is 63.4 Å². The molecular formula is C13H23N3. The summed E-state index contributed by atoms with van der Waals surface area (Å²) in [5.74, 6) is 2.89. The van der Waals surface area contributed by atoms with Crippen LogP contribution in [-0.4, -0.2) is 9.55 Å². The zero-order valence-electron chi connectivity index (χ0n) is 10.5. The predicted octanol–water partition coefficient (Wildman–Crippen LogP) is 3.10. The Morgan fingerprint density at radius 1 is 1.31 bits per heavy atom. The van der Waals surface area contributed by atoms with Crippen molar-refractivity contribution >= 4 is 5.82 Å². The maximum Gasteiger partial charge on any atom is 0.126 e. The van der Waals surface area contributed by atoms with E-state index in [0.717, 1.165) is 30.9 Å². The van der Waals surface area contributed by atoms with Crippen LogP contribution >= 0.6 is 0 Å². The third kappa shape index (κ3) is 2.23. The van der Waals surface area contributed by atoms with Gasteiger partial charge in [-0.2, -0.15) is 0 Å². The number of imidazole rings is 1. The Balaban J connectivity index is 2.22. The van der Waals surface area contributed by atoms with Crippen molar-refractivity contribution in [1.29, 1.82) is 0 Å². The van der Waals surface area contributed by atoms with E-state index in [9.17, 15) is 0 Å². The first-order valence-corrected chi connectivity index (χ1v) is 6.62. The largest absolute Gasteiger partial charge is 0.384 e. The highest BCUT2D eigenvalue weighted by atomic mass is 15.1. The fraction of sp³-hybridized carbons (Fsp3) is 0.769. The van der Waals surface area contributed by atoms with E-state index in [2.05, 4.69) is 18.4 Å². The smallest absolute Gasteiger partial charge is 0.126 e. The predicted molar refractivity (Wildman–Crippen MR) is 67.5 cm³/mol. The molecule has 1 aromatic heterocycles. The van der Waals surface area contributed by atoms with E-state index in [4.69, 9.17) is 10.7 Å². The number of hydrogen-bond acceptors (Lipinski definition) is 2. The third-order valence-electron chi connectivity index (χ3n) is 3.28. The fourth-order valence-corrected chi connectivity index (χ4v) is 2.16. The van der Waals surface area contributed by atoms with Gasteiger partial charge in [-0.05, 0) is 25.7 Å². The van der Waals surface area contributed by atoms with Crippen molar-refractivity contribution in [2.24, 2.45) is 0 Å². The van der Waals surface area contributed by atoms with Gasteiger partial charge in [0, 0.05) is 12.5 Å². The molecule has 1 aliphatic rings. The van der Waals surface area contributed by atoms with Crippen LogP contribution in [0.2, 0.25) is 0 Å². The Hall–Kier alpha value is -0.990. The maximum absolute atomic E-state index is 6.20. The van der Waals surface area contributed by atoms with Gasteiger partial charge in [0.1, 0.15) is 11.6 Å². The lowest BCUT2D eigenvalue weighted by Crippen LogP contribution is -2.07. The summed E-state index contributed by atoms with van der Waals surface area (Å²) in [6.45, 7) is 5.45. The summed E-state index contributed by atoms with van der Waals surface area (Å²) in [5.41, 5.74) is 7.32. The number of nitrogen functional groups attached to an aromatic ring is 1. The molecule has 0 aliphatic heterocycles. The monoisotopic (exact) mass is 221 g/mol. The Labute approximate surface area is 98.1 Å². The number of aromatic nitrogens is 2. The first kappa shape index (κ1) is 11.5. The Morgan fingerprint density at radius 3 is 2.62 bits per heavy atom. The van der Waals surface area contributed by atoms with Gasteiger partial charge in [-0.15, -0.1) is 0 Å². The molecule has 1 aromatic rings. The molecule has 0 atom stereocenters. The molecule has 0 bridgehead atoms. The lowest BCUT2D eigenvalue weighted by molar-refractivity contribution is 0.609. The second kappa shape index (κ2) is 4.89. The maximum atomic E-state index is 6.20. The summed E-state index contributed by atoms with van der Waals surface area (Å²) in [6, 6.07) is 0. The van der Waals surface area contributed by atoms with Crippen molar-refractivity contribution in [3.63, 3.8) is 0 Å². The number of rotatable bonds is 6. The summed E-state index contributed by atoms with van der Waals surface area (Å²) in [6.07, 6.45) is 7.16. The molecule has 90 valence electrons. The summed E-state index contributed by atoms with van der Waals surface area (Å²) in [5, 5.41) is 0. The average Bonchev–Trinajstić information content (AvgIpc) is 3.06. The van der Waals surface area contributed by atoms with E-state index in [1.165, 1.54) is 31.5 Å². The van der Waals surface area contributed by atoms with Crippen molar-refractivity contribution in [1.82, 2.24) is 9.55 Å². The molecule has 1 heterocycles. The van der Waals surface area contributed by atoms with Crippen molar-refractivity contribution in [2.45, 2.75) is 64.8 Å². The number of hydrogen-bond donors (Lipinski definition) is 1. The Kier molecular flexibility index (Phi) is 3.52. The zero-order valence-corrected chi connectivity index (χ0v) is 10.5. The minimum absolute atomic E-state index is 0.699. The molecule has 3 nitrogen and oxygen atoms in total. The second-order valence-electron chi connectivity index (χ2n) is 4.83. The SMILES string of the molecule is CCCCn1c(C2CC2)nc(CCC)c1N. The van der Waals surface area contributed by atoms with E-state index in [-0.39, 0.29) is 0 Å². The minimum Gasteiger partial charge on any atom is -0.384 e. The second-order valence-corrected chi connectivity index (χ2v) is 4.83. The lowest BCUT2D eigenvalue weighted by Gasteiger charge is -2.08. The van der Waals surface area contributed by atoms with E-state index < -0.39 is 0 Å². The zero-order chi connectivity index (χ0) is 11.5. The molecule has 0 amide bonds. The van der Waals surface area contributed by atoms with Gasteiger partial charge in [0.25, 0.3) is 0 Å². The van der Waals surface area contributed by atoms with Gasteiger partial charge in [-0.25, -0.2) is 4.98 Å². The molecule has 1 saturated carbocycles. The topological polar surface area (TPSA) is 43.8 Å². The van der Waals surface area contributed by atoms with Crippen molar-refractivity contribution in [2.75, 3.05) is 5.73 Å². The third-order valence-corrected chi connectivity index (χ3v) is 3.28. The van der Waals surface area contributed by atoms with Crippen molar-refractivity contribution in [3.05, 3.63) is 11.5 Å². The van der Waals surface area contributed by atoms with E-state index >= 15 is 0 Å². The first-order valence-electron chi connectivity index (χ1n) is 6.62. The van der Waals surface area contributed by atoms with Crippen LogP contribution in [0.15, 0.2) is 0 Å². The summed E-state index contributed by atoms with van der Waals surface area (Å²) in [4.78, 5) is 4.75. The van der Waals surface area contributed by atoms with Crippen LogP contribution < -0.4 is 5.73 Å². The summed E-state index contributed by atoms with van der Waals surface area (Å²) < 4.78 is 2.27. The number of nitrogens with zero attached hydrogens (tertiary/aromatic N) is 2. The normalized spacial score (nSPS) is 15.6. The molecule has 0 radical (unpaired) electrons. The molecule has 0 spiro atoms. The highest BCUT2D eigenvalue weighted by Crippen LogP contribution is 2.40. The van der Waals surface area contributed by atoms with Crippen LogP contribution in [-0.2, 0) is 13.0 Å². The van der Waals surface area contributed by atoms with Crippen LogP contribution in [0.3, 0.4) is 0 Å². The molecule has 2 N–H and O–H groups in total. The van der Waals surface area contributed by atoms with Crippen LogP contribution in [0.25, 0.3) is 0 Å². The van der Waals surface area contributed by atoms with Gasteiger partial charge in [0.05, 0.1) is 5.69 Å². The van der Waals surface area contributed by atoms with E-state index in [1.54, 1.807) is 0 Å². The number of aryl methyl sites for hydroxylation is 1. The molecule has 0 unspecified atom stereocenters. The molecule has 1 fully saturated rings. The average molecular weight is 221 g/mol. The van der Waals surface area contributed by atoms with Crippen LogP contribution in [0.5, 0.6) is 0 Å². The molecule has 2 rings (SSSR count). The fourth-order valence-electron chi connectivity index (χ4n) is 2.16. The first-order chi connectivity index (χ1) is 7.77. The van der Waals surface area contributed by atoms with Crippen molar-refractivity contribution < 1.29 is 0 Å². The van der Waals surface area contributed by atoms with Gasteiger partial charge in [-0.3, -0.25) is 0 Å². The Morgan fingerprint density at radius 2 is 2.06 bits per heavy atom. The molecule has 1 aliphatic carbocycles. The van der Waals surface area contributed by atoms with Gasteiger partial charge in [0.15, 0.2) is 0 Å². The molecule has 0 saturated heterocycles. The molecule has 3 heteroatoms. The lowest BCUT2D eigenvalue weighted by atomic mass is 10.2. The summed E-state index contributed by atoms with van der Waals surface area (Å²) in [7, 11) is 0. The quantitative estimate of drug-likeness (QED) is 0.802. The minimum atomic E-state index is 0.699. The van der Waals surface area contributed by atoms with Crippen molar-refractivity contribution in [3.8, 4) is 0 Å². The van der Waals surface area contributed by atoms with Crippen LogP contribution in [0.4, 0.5) is 5.82 Å². The number of nitrogens with two attached hydrogens (primary N) is 1. The number of anilines is 1. The standard InChI is InChI=1S/C13H23N3/c1-3-5-9-16-12(14)11(6-4-2)15-13(16)10-7-8-10/h10H,3-9,14H2,1-2H3. The van der Waals surface area contributed by atoms with E-state index in [1.807, 2.05) is 0 Å². The van der Waals surface area contributed by atoms with Gasteiger partial charge in [0.2, 0.25) is 0 Å². The van der Waals surface area contributed by atoms with Gasteiger partial charge in [-0.1, -0.05) is 26.7 Å². The number of unbranched alkanes of at least 4 members (excludes halogenated alkanes) is 1. The van der Waals surface area contributed by atoms with Gasteiger partial charge < -0.3 is 10.3 Å². The Bertz CT molecular complexity index is 350.